The maximum atomic E-state index is 12.9. The third-order valence-electron chi connectivity index (χ3n) is 5.69. The zero-order valence-corrected chi connectivity index (χ0v) is 19.7. The van der Waals surface area contributed by atoms with Crippen molar-refractivity contribution in [3.63, 3.8) is 0 Å². The predicted molar refractivity (Wildman–Crippen MR) is 130 cm³/mol. The average Bonchev–Trinajstić information content (AvgIpc) is 3.36. The van der Waals surface area contributed by atoms with Gasteiger partial charge in [-0.15, -0.1) is 11.3 Å². The Bertz CT molecular complexity index is 1600. The molecule has 0 unspecified atom stereocenters. The molecule has 8 heteroatoms. The highest BCUT2D eigenvalue weighted by molar-refractivity contribution is 7.20. The van der Waals surface area contributed by atoms with Crippen LogP contribution in [0.1, 0.15) is 32.1 Å². The van der Waals surface area contributed by atoms with Gasteiger partial charge in [-0.3, -0.25) is 0 Å². The molecule has 0 aliphatic rings. The predicted octanol–water partition coefficient (Wildman–Crippen LogP) is 6.13. The lowest BCUT2D eigenvalue weighted by Crippen LogP contribution is -2.07. The van der Waals surface area contributed by atoms with E-state index in [0.717, 1.165) is 38.1 Å². The van der Waals surface area contributed by atoms with E-state index in [4.69, 9.17) is 20.8 Å². The zero-order valence-electron chi connectivity index (χ0n) is 18.1. The summed E-state index contributed by atoms with van der Waals surface area (Å²) in [4.78, 5) is 26.3. The van der Waals surface area contributed by atoms with Gasteiger partial charge in [-0.25, -0.2) is 14.3 Å². The molecule has 0 bridgehead atoms. The van der Waals surface area contributed by atoms with Gasteiger partial charge in [-0.05, 0) is 62.2 Å². The van der Waals surface area contributed by atoms with Crippen molar-refractivity contribution in [3.8, 4) is 5.69 Å². The molecule has 5 aromatic rings. The van der Waals surface area contributed by atoms with Gasteiger partial charge in [0.1, 0.15) is 21.9 Å². The molecule has 0 amide bonds. The van der Waals surface area contributed by atoms with Crippen molar-refractivity contribution in [2.45, 2.75) is 27.4 Å². The molecule has 0 atom stereocenters. The third-order valence-corrected chi connectivity index (χ3v) is 7.04. The van der Waals surface area contributed by atoms with Crippen molar-refractivity contribution in [1.29, 1.82) is 0 Å². The summed E-state index contributed by atoms with van der Waals surface area (Å²) in [6.45, 7) is 5.73. The normalized spacial score (nSPS) is 11.4. The molecule has 6 nitrogen and oxygen atoms in total. The number of carbonyl (C=O) groups is 1. The number of halogens is 1. The van der Waals surface area contributed by atoms with Gasteiger partial charge in [0.05, 0.1) is 11.4 Å². The van der Waals surface area contributed by atoms with E-state index in [1.54, 1.807) is 22.9 Å². The quantitative estimate of drug-likeness (QED) is 0.229. The Morgan fingerprint density at radius 3 is 2.61 bits per heavy atom. The van der Waals surface area contributed by atoms with Crippen LogP contribution in [0.4, 0.5) is 0 Å². The molecule has 0 aliphatic carbocycles. The van der Waals surface area contributed by atoms with Crippen LogP contribution >= 0.6 is 22.9 Å². The number of rotatable bonds is 4. The van der Waals surface area contributed by atoms with Gasteiger partial charge in [0.2, 0.25) is 0 Å². The van der Waals surface area contributed by atoms with E-state index < -0.39 is 11.6 Å². The second kappa shape index (κ2) is 8.17. The van der Waals surface area contributed by atoms with Crippen LogP contribution in [0.15, 0.2) is 57.7 Å². The lowest BCUT2D eigenvalue weighted by molar-refractivity contribution is 0.0479. The van der Waals surface area contributed by atoms with Crippen molar-refractivity contribution in [3.05, 3.63) is 91.2 Å². The summed E-state index contributed by atoms with van der Waals surface area (Å²) in [6, 6.07) is 14.4. The first kappa shape index (κ1) is 21.4. The lowest BCUT2D eigenvalue weighted by Gasteiger charge is -2.09. The van der Waals surface area contributed by atoms with E-state index in [1.165, 1.54) is 17.4 Å². The highest BCUT2D eigenvalue weighted by Gasteiger charge is 2.19. The molecule has 0 fully saturated rings. The number of hydrogen-bond acceptors (Lipinski definition) is 6. The number of ether oxygens (including phenoxy) is 1. The number of benzene rings is 2. The minimum Gasteiger partial charge on any atom is -0.457 e. The standard InChI is InChI=1S/C25H19ClN2O4S/c1-13-4-9-19-16(10-22(29)32-23(19)14(13)2)12-31-25(30)21-11-20-15(3)27-28(24(20)33-21)18-7-5-17(26)6-8-18/h4-11H,12H2,1-3H3. The Labute approximate surface area is 198 Å². The van der Waals surface area contributed by atoms with Gasteiger partial charge in [-0.1, -0.05) is 23.7 Å². The van der Waals surface area contributed by atoms with E-state index in [2.05, 4.69) is 5.10 Å². The fourth-order valence-corrected chi connectivity index (χ4v) is 4.97. The molecule has 166 valence electrons. The van der Waals surface area contributed by atoms with Crippen LogP contribution in [-0.2, 0) is 11.3 Å². The number of carbonyl (C=O) groups excluding carboxylic acids is 1. The summed E-state index contributed by atoms with van der Waals surface area (Å²) in [5.41, 5.74) is 4.25. The van der Waals surface area contributed by atoms with Gasteiger partial charge in [0, 0.05) is 27.4 Å². The van der Waals surface area contributed by atoms with Crippen LogP contribution in [0.2, 0.25) is 5.02 Å². The molecule has 0 spiro atoms. The number of esters is 1. The molecule has 0 saturated heterocycles. The molecule has 3 aromatic heterocycles. The van der Waals surface area contributed by atoms with Crippen LogP contribution in [0.25, 0.3) is 26.9 Å². The van der Waals surface area contributed by atoms with Crippen molar-refractivity contribution in [1.82, 2.24) is 9.78 Å². The first-order chi connectivity index (χ1) is 15.8. The molecule has 0 saturated carbocycles. The maximum absolute atomic E-state index is 12.9. The Balaban J connectivity index is 1.45. The van der Waals surface area contributed by atoms with Crippen LogP contribution in [0, 0.1) is 20.8 Å². The summed E-state index contributed by atoms with van der Waals surface area (Å²) in [5, 5.41) is 6.88. The fraction of sp³-hybridized carbons (Fsp3) is 0.160. The van der Waals surface area contributed by atoms with Crippen molar-refractivity contribution in [2.24, 2.45) is 0 Å². The average molecular weight is 479 g/mol. The molecular weight excluding hydrogens is 460 g/mol. The summed E-state index contributed by atoms with van der Waals surface area (Å²) < 4.78 is 12.8. The molecule has 2 aromatic carbocycles. The number of nitrogens with zero attached hydrogens (tertiary/aromatic N) is 2. The summed E-state index contributed by atoms with van der Waals surface area (Å²) in [6.07, 6.45) is 0. The number of hydrogen-bond donors (Lipinski definition) is 0. The second-order valence-corrected chi connectivity index (χ2v) is 9.32. The van der Waals surface area contributed by atoms with E-state index in [0.29, 0.717) is 21.0 Å². The van der Waals surface area contributed by atoms with Crippen LogP contribution in [0.3, 0.4) is 0 Å². The van der Waals surface area contributed by atoms with E-state index in [1.807, 2.05) is 45.0 Å². The zero-order chi connectivity index (χ0) is 23.3. The van der Waals surface area contributed by atoms with Crippen LogP contribution in [0.5, 0.6) is 0 Å². The Morgan fingerprint density at radius 1 is 1.09 bits per heavy atom. The summed E-state index contributed by atoms with van der Waals surface area (Å²) in [5.74, 6) is -0.455. The van der Waals surface area contributed by atoms with Gasteiger partial charge < -0.3 is 9.15 Å². The first-order valence-electron chi connectivity index (χ1n) is 10.3. The molecule has 5 rings (SSSR count). The Hall–Kier alpha value is -3.42. The first-order valence-corrected chi connectivity index (χ1v) is 11.5. The molecule has 0 aliphatic heterocycles. The monoisotopic (exact) mass is 478 g/mol. The van der Waals surface area contributed by atoms with Crippen molar-refractivity contribution in [2.75, 3.05) is 0 Å². The van der Waals surface area contributed by atoms with Gasteiger partial charge in [-0.2, -0.15) is 5.10 Å². The topological polar surface area (TPSA) is 74.3 Å². The minimum atomic E-state index is -0.470. The van der Waals surface area contributed by atoms with E-state index in [-0.39, 0.29) is 6.61 Å². The second-order valence-electron chi connectivity index (χ2n) is 7.85. The van der Waals surface area contributed by atoms with Gasteiger partial charge >= 0.3 is 11.6 Å². The largest absolute Gasteiger partial charge is 0.457 e. The lowest BCUT2D eigenvalue weighted by atomic mass is 10.0. The van der Waals surface area contributed by atoms with Crippen molar-refractivity contribution >= 4 is 50.1 Å². The van der Waals surface area contributed by atoms with Gasteiger partial charge in [0.15, 0.2) is 0 Å². The van der Waals surface area contributed by atoms with Crippen molar-refractivity contribution < 1.29 is 13.9 Å². The number of fused-ring (bicyclic) bond motifs is 2. The summed E-state index contributed by atoms with van der Waals surface area (Å²) in [7, 11) is 0. The molecule has 3 heterocycles. The minimum absolute atomic E-state index is 0.0278. The smallest absolute Gasteiger partial charge is 0.348 e. The van der Waals surface area contributed by atoms with E-state index >= 15 is 0 Å². The SMILES string of the molecule is Cc1ccc2c(COC(=O)c3cc4c(C)nn(-c5ccc(Cl)cc5)c4s3)cc(=O)oc2c1C. The third kappa shape index (κ3) is 3.83. The Kier molecular flexibility index (Phi) is 5.31. The number of aromatic nitrogens is 2. The van der Waals surface area contributed by atoms with Crippen LogP contribution < -0.4 is 5.63 Å². The molecular formula is C25H19ClN2O4S. The molecule has 0 radical (unpaired) electrons. The summed E-state index contributed by atoms with van der Waals surface area (Å²) >= 11 is 7.31. The molecule has 33 heavy (non-hydrogen) atoms. The highest BCUT2D eigenvalue weighted by Crippen LogP contribution is 2.31. The number of thiophene rings is 1. The highest BCUT2D eigenvalue weighted by atomic mass is 35.5. The maximum Gasteiger partial charge on any atom is 0.348 e. The van der Waals surface area contributed by atoms with Crippen LogP contribution in [-0.4, -0.2) is 15.7 Å². The Morgan fingerprint density at radius 2 is 1.85 bits per heavy atom. The molecule has 0 N–H and O–H groups in total. The van der Waals surface area contributed by atoms with E-state index in [9.17, 15) is 9.59 Å². The van der Waals surface area contributed by atoms with Gasteiger partial charge in [0.25, 0.3) is 0 Å². The fourth-order valence-electron chi connectivity index (χ4n) is 3.76. The number of aryl methyl sites for hydroxylation is 3.